The molecule has 0 saturated carbocycles. The van der Waals surface area contributed by atoms with E-state index >= 15 is 0 Å². The Labute approximate surface area is 267 Å². The van der Waals surface area contributed by atoms with Crippen molar-refractivity contribution < 1.29 is 6.85 Å². The lowest BCUT2D eigenvalue weighted by Gasteiger charge is -2.12. The van der Waals surface area contributed by atoms with Gasteiger partial charge in [0.2, 0.25) is 0 Å². The quantitative estimate of drug-likeness (QED) is 0.203. The van der Waals surface area contributed by atoms with Gasteiger partial charge >= 0.3 is 0 Å². The van der Waals surface area contributed by atoms with Gasteiger partial charge in [0.1, 0.15) is 6.07 Å². The van der Waals surface area contributed by atoms with E-state index in [1.165, 1.54) is 0 Å². The number of para-hydroxylation sites is 1. The van der Waals surface area contributed by atoms with Gasteiger partial charge in [-0.3, -0.25) is 0 Å². The highest BCUT2D eigenvalue weighted by molar-refractivity contribution is 6.10. The zero-order chi connectivity index (χ0) is 34.5. The average Bonchev–Trinajstić information content (AvgIpc) is 3.50. The molecule has 0 unspecified atom stereocenters. The Balaban J connectivity index is 1.30. The summed E-state index contributed by atoms with van der Waals surface area (Å²) in [7, 11) is 0. The lowest BCUT2D eigenvalue weighted by atomic mass is 10.0. The number of fused-ring (bicyclic) bond motifs is 3. The van der Waals surface area contributed by atoms with E-state index in [1.54, 1.807) is 12.1 Å². The Morgan fingerprint density at radius 3 is 1.76 bits per heavy atom. The fourth-order valence-corrected chi connectivity index (χ4v) is 5.68. The summed E-state index contributed by atoms with van der Waals surface area (Å²) in [6.45, 7) is 0. The van der Waals surface area contributed by atoms with Crippen LogP contribution < -0.4 is 0 Å². The van der Waals surface area contributed by atoms with E-state index in [2.05, 4.69) is 6.07 Å². The second-order valence-electron chi connectivity index (χ2n) is 10.5. The number of hydrogen-bond donors (Lipinski definition) is 0. The molecule has 5 heteroatoms. The van der Waals surface area contributed by atoms with Gasteiger partial charge < -0.3 is 4.57 Å². The van der Waals surface area contributed by atoms with E-state index < -0.39 is 6.04 Å². The molecule has 0 bridgehead atoms. The first-order valence-electron chi connectivity index (χ1n) is 16.9. The minimum Gasteiger partial charge on any atom is -0.308 e. The summed E-state index contributed by atoms with van der Waals surface area (Å²) in [6.07, 6.45) is 0. The second-order valence-corrected chi connectivity index (χ2v) is 10.5. The SMILES string of the molecule is [2H]c1c([2H])c([2H])c(-c2ccc3c(c2)c2ccccc2n3-c2ccc(-c3nc(-c4ccccc4)nc(-c4ccccc4)n3)cc2C#N)c([2H])c1[2H]. The lowest BCUT2D eigenvalue weighted by Crippen LogP contribution is -2.02. The molecule has 8 rings (SSSR count). The standard InChI is InChI=1S/C40H25N5/c41-26-32-24-31(40-43-38(28-14-6-2-7-15-28)42-39(44-40)29-16-8-3-9-17-29)21-22-35(32)45-36-19-11-10-18-33(36)34-25-30(20-23-37(34)45)27-12-4-1-5-13-27/h1-25H/i1D,4D,5D,12D,13D. The van der Waals surface area contributed by atoms with Crippen LogP contribution >= 0.6 is 0 Å². The van der Waals surface area contributed by atoms with Crippen LogP contribution in [0.5, 0.6) is 0 Å². The fourth-order valence-electron chi connectivity index (χ4n) is 5.68. The van der Waals surface area contributed by atoms with Gasteiger partial charge in [0.05, 0.1) is 29.1 Å². The molecule has 0 fully saturated rings. The Hall–Kier alpha value is -6.38. The van der Waals surface area contributed by atoms with Gasteiger partial charge in [-0.05, 0) is 47.5 Å². The molecule has 0 aliphatic rings. The number of rotatable bonds is 5. The van der Waals surface area contributed by atoms with E-state index in [1.807, 2.05) is 114 Å². The van der Waals surface area contributed by atoms with Gasteiger partial charge in [-0.15, -0.1) is 0 Å². The summed E-state index contributed by atoms with van der Waals surface area (Å²) in [5.74, 6) is 1.48. The van der Waals surface area contributed by atoms with Crippen molar-refractivity contribution in [1.82, 2.24) is 19.5 Å². The maximum absolute atomic E-state index is 10.5. The molecule has 0 spiro atoms. The molecule has 0 atom stereocenters. The van der Waals surface area contributed by atoms with Crippen LogP contribution in [-0.4, -0.2) is 19.5 Å². The van der Waals surface area contributed by atoms with Gasteiger partial charge in [0, 0.05) is 27.5 Å². The smallest absolute Gasteiger partial charge is 0.164 e. The molecule has 2 heterocycles. The first-order chi connectivity index (χ1) is 24.3. The number of hydrogen-bond acceptors (Lipinski definition) is 4. The number of benzene rings is 6. The van der Waals surface area contributed by atoms with E-state index in [0.29, 0.717) is 39.9 Å². The van der Waals surface area contributed by atoms with Crippen LogP contribution in [0.15, 0.2) is 152 Å². The topological polar surface area (TPSA) is 67.4 Å². The summed E-state index contributed by atoms with van der Waals surface area (Å²) in [5.41, 5.74) is 5.70. The molecule has 0 amide bonds. The number of nitrogens with zero attached hydrogens (tertiary/aromatic N) is 5. The second kappa shape index (κ2) is 11.0. The number of aromatic nitrogens is 4. The minimum atomic E-state index is -0.432. The van der Waals surface area contributed by atoms with Crippen molar-refractivity contribution in [3.8, 4) is 57.0 Å². The van der Waals surface area contributed by atoms with Crippen LogP contribution in [0.3, 0.4) is 0 Å². The Bertz CT molecular complexity index is 2580. The average molecular weight is 581 g/mol. The van der Waals surface area contributed by atoms with Crippen molar-refractivity contribution in [3.05, 3.63) is 157 Å². The minimum absolute atomic E-state index is 0.138. The highest BCUT2D eigenvalue weighted by Crippen LogP contribution is 2.36. The van der Waals surface area contributed by atoms with Crippen molar-refractivity contribution in [2.75, 3.05) is 0 Å². The van der Waals surface area contributed by atoms with Gasteiger partial charge in [0.15, 0.2) is 17.5 Å². The Morgan fingerprint density at radius 1 is 0.511 bits per heavy atom. The van der Waals surface area contributed by atoms with E-state index in [4.69, 9.17) is 21.8 Å². The molecule has 5 nitrogen and oxygen atoms in total. The maximum Gasteiger partial charge on any atom is 0.164 e. The Kier molecular flexibility index (Phi) is 5.23. The first kappa shape index (κ1) is 21.3. The lowest BCUT2D eigenvalue weighted by molar-refractivity contribution is 1.07. The summed E-state index contributed by atoms with van der Waals surface area (Å²) < 4.78 is 43.4. The van der Waals surface area contributed by atoms with Crippen LogP contribution in [0.1, 0.15) is 12.4 Å². The largest absolute Gasteiger partial charge is 0.308 e. The third kappa shape index (κ3) is 4.71. The van der Waals surface area contributed by atoms with Crippen molar-refractivity contribution in [1.29, 1.82) is 5.26 Å². The molecule has 2 aromatic heterocycles. The normalized spacial score (nSPS) is 12.6. The molecule has 0 aliphatic heterocycles. The molecular formula is C40H25N5. The summed E-state index contributed by atoms with van der Waals surface area (Å²) in [4.78, 5) is 14.4. The fraction of sp³-hybridized carbons (Fsp3) is 0. The molecule has 0 N–H and O–H groups in total. The zero-order valence-electron chi connectivity index (χ0n) is 28.8. The maximum atomic E-state index is 10.5. The molecule has 0 aliphatic carbocycles. The molecule has 6 aromatic carbocycles. The van der Waals surface area contributed by atoms with Crippen LogP contribution in [-0.2, 0) is 0 Å². The summed E-state index contributed by atoms with van der Waals surface area (Å²) >= 11 is 0. The van der Waals surface area contributed by atoms with Gasteiger partial charge in [-0.25, -0.2) is 15.0 Å². The third-order valence-electron chi connectivity index (χ3n) is 7.78. The van der Waals surface area contributed by atoms with Crippen molar-refractivity contribution in [2.45, 2.75) is 0 Å². The molecule has 0 saturated heterocycles. The molecular weight excluding hydrogens is 550 g/mol. The number of nitriles is 1. The van der Waals surface area contributed by atoms with E-state index in [-0.39, 0.29) is 29.7 Å². The van der Waals surface area contributed by atoms with Crippen LogP contribution in [0.4, 0.5) is 0 Å². The monoisotopic (exact) mass is 580 g/mol. The Morgan fingerprint density at radius 2 is 1.09 bits per heavy atom. The van der Waals surface area contributed by atoms with Crippen LogP contribution in [0.2, 0.25) is 0 Å². The molecule has 0 radical (unpaired) electrons. The highest BCUT2D eigenvalue weighted by atomic mass is 15.0. The van der Waals surface area contributed by atoms with E-state index in [9.17, 15) is 5.26 Å². The molecule has 8 aromatic rings. The van der Waals surface area contributed by atoms with Gasteiger partial charge in [-0.2, -0.15) is 5.26 Å². The van der Waals surface area contributed by atoms with Crippen molar-refractivity contribution in [2.24, 2.45) is 0 Å². The zero-order valence-corrected chi connectivity index (χ0v) is 23.8. The van der Waals surface area contributed by atoms with Crippen molar-refractivity contribution >= 4 is 21.8 Å². The summed E-state index contributed by atoms with van der Waals surface area (Å²) in [5, 5.41) is 12.2. The van der Waals surface area contributed by atoms with Gasteiger partial charge in [0.25, 0.3) is 0 Å². The molecule has 45 heavy (non-hydrogen) atoms. The third-order valence-corrected chi connectivity index (χ3v) is 7.78. The summed E-state index contributed by atoms with van der Waals surface area (Å²) in [6, 6.07) is 38.9. The predicted octanol–water partition coefficient (Wildman–Crippen LogP) is 9.51. The van der Waals surface area contributed by atoms with E-state index in [0.717, 1.165) is 32.9 Å². The molecule has 210 valence electrons. The predicted molar refractivity (Wildman–Crippen MR) is 181 cm³/mol. The van der Waals surface area contributed by atoms with Crippen LogP contribution in [0.25, 0.3) is 72.8 Å². The first-order valence-corrected chi connectivity index (χ1v) is 14.4. The van der Waals surface area contributed by atoms with Crippen molar-refractivity contribution in [3.63, 3.8) is 0 Å². The highest BCUT2D eigenvalue weighted by Gasteiger charge is 2.18. The van der Waals surface area contributed by atoms with Gasteiger partial charge in [-0.1, -0.05) is 115 Å². The van der Waals surface area contributed by atoms with Crippen LogP contribution in [0, 0.1) is 11.3 Å².